The van der Waals surface area contributed by atoms with Crippen LogP contribution in [0.2, 0.25) is 0 Å². The van der Waals surface area contributed by atoms with E-state index in [1.807, 2.05) is 30.3 Å². The van der Waals surface area contributed by atoms with Crippen LogP contribution in [0.25, 0.3) is 0 Å². The van der Waals surface area contributed by atoms with Crippen molar-refractivity contribution in [3.05, 3.63) is 65.7 Å². The molecule has 0 aliphatic rings. The second-order valence-electron chi connectivity index (χ2n) is 6.06. The van der Waals surface area contributed by atoms with E-state index in [0.29, 0.717) is 12.1 Å². The summed E-state index contributed by atoms with van der Waals surface area (Å²) in [6, 6.07) is 11.3. The Bertz CT molecular complexity index is 968. The molecule has 7 nitrogen and oxygen atoms in total. The minimum atomic E-state index is -4.12. The highest BCUT2D eigenvalue weighted by atomic mass is 32.2. The molecule has 10 heteroatoms. The van der Waals surface area contributed by atoms with Crippen LogP contribution >= 0.6 is 0 Å². The molecule has 0 aliphatic heterocycles. The Morgan fingerprint density at radius 2 is 1.76 bits per heavy atom. The number of sulfonamides is 1. The van der Waals surface area contributed by atoms with E-state index >= 15 is 0 Å². The van der Waals surface area contributed by atoms with Gasteiger partial charge in [0.15, 0.2) is 17.7 Å². The number of esters is 1. The molecule has 0 fully saturated rings. The van der Waals surface area contributed by atoms with Crippen LogP contribution in [-0.4, -0.2) is 32.9 Å². The van der Waals surface area contributed by atoms with E-state index in [2.05, 4.69) is 10.0 Å². The largest absolute Gasteiger partial charge is 0.453 e. The Hall–Kier alpha value is -2.85. The van der Waals surface area contributed by atoms with Crippen LogP contribution in [0.15, 0.2) is 53.4 Å². The molecular weight excluding hydrogens is 406 g/mol. The first-order chi connectivity index (χ1) is 13.7. The maximum Gasteiger partial charge on any atom is 0.307 e. The van der Waals surface area contributed by atoms with Crippen molar-refractivity contribution in [1.29, 1.82) is 0 Å². The fraction of sp³-hybridized carbons (Fsp3) is 0.263. The number of carbonyl (C=O) groups excluding carboxylic acids is 2. The standard InChI is InChI=1S/C19H20F2N2O5S/c1-13(19(25)22-12-14-5-3-2-4-6-14)28-18(24)9-10-23-29(26,27)15-7-8-16(20)17(21)11-15/h2-8,11,13,23H,9-10,12H2,1H3,(H,22,25). The third-order valence-electron chi connectivity index (χ3n) is 3.81. The third-order valence-corrected chi connectivity index (χ3v) is 5.27. The summed E-state index contributed by atoms with van der Waals surface area (Å²) in [5.41, 5.74) is 0.881. The molecule has 0 saturated heterocycles. The van der Waals surface area contributed by atoms with Crippen molar-refractivity contribution in [1.82, 2.24) is 10.0 Å². The molecule has 0 heterocycles. The summed E-state index contributed by atoms with van der Waals surface area (Å²) in [6.45, 7) is 1.33. The van der Waals surface area contributed by atoms with Crippen LogP contribution in [-0.2, 0) is 30.9 Å². The Labute approximate surface area is 167 Å². The lowest BCUT2D eigenvalue weighted by molar-refractivity contribution is -0.154. The molecule has 2 rings (SSSR count). The summed E-state index contributed by atoms with van der Waals surface area (Å²) >= 11 is 0. The molecule has 2 aromatic rings. The van der Waals surface area contributed by atoms with E-state index in [9.17, 15) is 26.8 Å². The zero-order chi connectivity index (χ0) is 21.4. The highest BCUT2D eigenvalue weighted by Gasteiger charge is 2.19. The van der Waals surface area contributed by atoms with Gasteiger partial charge in [-0.15, -0.1) is 0 Å². The Morgan fingerprint density at radius 3 is 2.41 bits per heavy atom. The fourth-order valence-corrected chi connectivity index (χ4v) is 3.30. The molecular formula is C19H20F2N2O5S. The molecule has 1 atom stereocenters. The van der Waals surface area contributed by atoms with Crippen molar-refractivity contribution >= 4 is 21.9 Å². The van der Waals surface area contributed by atoms with Crippen molar-refractivity contribution in [2.24, 2.45) is 0 Å². The number of carbonyl (C=O) groups is 2. The first kappa shape index (κ1) is 22.4. The first-order valence-corrected chi connectivity index (χ1v) is 10.1. The first-order valence-electron chi connectivity index (χ1n) is 8.65. The van der Waals surface area contributed by atoms with Crippen molar-refractivity contribution in [3.63, 3.8) is 0 Å². The van der Waals surface area contributed by atoms with Crippen LogP contribution < -0.4 is 10.0 Å². The molecule has 0 aromatic heterocycles. The van der Waals surface area contributed by atoms with Crippen LogP contribution in [0.3, 0.4) is 0 Å². The van der Waals surface area contributed by atoms with E-state index in [1.54, 1.807) is 0 Å². The van der Waals surface area contributed by atoms with Gasteiger partial charge in [-0.3, -0.25) is 9.59 Å². The number of hydrogen-bond acceptors (Lipinski definition) is 5. The zero-order valence-electron chi connectivity index (χ0n) is 15.5. The van der Waals surface area contributed by atoms with E-state index < -0.39 is 44.5 Å². The molecule has 29 heavy (non-hydrogen) atoms. The van der Waals surface area contributed by atoms with E-state index in [1.165, 1.54) is 6.92 Å². The van der Waals surface area contributed by atoms with Gasteiger partial charge >= 0.3 is 5.97 Å². The van der Waals surface area contributed by atoms with Gasteiger partial charge in [-0.2, -0.15) is 0 Å². The predicted octanol–water partition coefficient (Wildman–Crippen LogP) is 1.88. The number of halogens is 2. The third kappa shape index (κ3) is 6.91. The molecule has 2 N–H and O–H groups in total. The molecule has 0 saturated carbocycles. The normalized spacial score (nSPS) is 12.2. The molecule has 2 aromatic carbocycles. The monoisotopic (exact) mass is 426 g/mol. The number of amides is 1. The van der Waals surface area contributed by atoms with Crippen LogP contribution in [0.4, 0.5) is 8.78 Å². The van der Waals surface area contributed by atoms with Gasteiger partial charge in [0.2, 0.25) is 10.0 Å². The Balaban J connectivity index is 1.76. The SMILES string of the molecule is CC(OC(=O)CCNS(=O)(=O)c1ccc(F)c(F)c1)C(=O)NCc1ccccc1. The lowest BCUT2D eigenvalue weighted by Crippen LogP contribution is -2.36. The molecule has 0 spiro atoms. The Morgan fingerprint density at radius 1 is 1.07 bits per heavy atom. The summed E-state index contributed by atoms with van der Waals surface area (Å²) in [5.74, 6) is -3.76. The van der Waals surface area contributed by atoms with Crippen molar-refractivity contribution in [2.75, 3.05) is 6.54 Å². The highest BCUT2D eigenvalue weighted by Crippen LogP contribution is 2.13. The maximum atomic E-state index is 13.2. The lowest BCUT2D eigenvalue weighted by Gasteiger charge is -2.14. The van der Waals surface area contributed by atoms with Gasteiger partial charge in [0.25, 0.3) is 5.91 Å². The summed E-state index contributed by atoms with van der Waals surface area (Å²) in [4.78, 5) is 23.3. The van der Waals surface area contributed by atoms with Gasteiger partial charge in [-0.25, -0.2) is 21.9 Å². The number of rotatable bonds is 9. The maximum absolute atomic E-state index is 13.2. The quantitative estimate of drug-likeness (QED) is 0.597. The molecule has 0 aliphatic carbocycles. The average Bonchev–Trinajstić information content (AvgIpc) is 2.68. The number of hydrogen-bond donors (Lipinski definition) is 2. The topological polar surface area (TPSA) is 102 Å². The second-order valence-corrected chi connectivity index (χ2v) is 7.83. The number of ether oxygens (including phenoxy) is 1. The van der Waals surface area contributed by atoms with E-state index in [0.717, 1.165) is 11.6 Å². The number of benzene rings is 2. The average molecular weight is 426 g/mol. The van der Waals surface area contributed by atoms with E-state index in [-0.39, 0.29) is 19.5 Å². The smallest absolute Gasteiger partial charge is 0.307 e. The van der Waals surface area contributed by atoms with Crippen LogP contribution in [0.5, 0.6) is 0 Å². The van der Waals surface area contributed by atoms with Crippen molar-refractivity contribution < 1.29 is 31.5 Å². The van der Waals surface area contributed by atoms with Gasteiger partial charge in [0, 0.05) is 13.1 Å². The molecule has 0 radical (unpaired) electrons. The summed E-state index contributed by atoms with van der Waals surface area (Å²) in [6.07, 6.45) is -1.41. The molecule has 1 unspecified atom stereocenters. The van der Waals surface area contributed by atoms with Crippen LogP contribution in [0, 0.1) is 11.6 Å². The lowest BCUT2D eigenvalue weighted by atomic mass is 10.2. The van der Waals surface area contributed by atoms with Gasteiger partial charge in [0.1, 0.15) is 0 Å². The minimum Gasteiger partial charge on any atom is -0.453 e. The van der Waals surface area contributed by atoms with Crippen molar-refractivity contribution in [3.8, 4) is 0 Å². The molecule has 0 bridgehead atoms. The van der Waals surface area contributed by atoms with E-state index in [4.69, 9.17) is 4.74 Å². The van der Waals surface area contributed by atoms with Gasteiger partial charge in [-0.1, -0.05) is 30.3 Å². The van der Waals surface area contributed by atoms with Crippen LogP contribution in [0.1, 0.15) is 18.9 Å². The highest BCUT2D eigenvalue weighted by molar-refractivity contribution is 7.89. The summed E-state index contributed by atoms with van der Waals surface area (Å²) < 4.78 is 57.1. The summed E-state index contributed by atoms with van der Waals surface area (Å²) in [5, 5.41) is 2.62. The molecule has 1 amide bonds. The minimum absolute atomic E-state index is 0.273. The van der Waals surface area contributed by atoms with Gasteiger partial charge < -0.3 is 10.1 Å². The predicted molar refractivity (Wildman–Crippen MR) is 100 cm³/mol. The zero-order valence-corrected chi connectivity index (χ0v) is 16.3. The van der Waals surface area contributed by atoms with Crippen molar-refractivity contribution in [2.45, 2.75) is 30.9 Å². The van der Waals surface area contributed by atoms with Gasteiger partial charge in [-0.05, 0) is 30.7 Å². The summed E-state index contributed by atoms with van der Waals surface area (Å²) in [7, 11) is -4.12. The second kappa shape index (κ2) is 10.1. The number of nitrogens with one attached hydrogen (secondary N) is 2. The fourth-order valence-electron chi connectivity index (χ4n) is 2.25. The Kier molecular flexibility index (Phi) is 7.80. The van der Waals surface area contributed by atoms with Gasteiger partial charge in [0.05, 0.1) is 11.3 Å². The molecule has 156 valence electrons.